The van der Waals surface area contributed by atoms with Crippen LogP contribution in [0, 0.1) is 0 Å². The quantitative estimate of drug-likeness (QED) is 0.665. The minimum Gasteiger partial charge on any atom is -0.478 e. The van der Waals surface area contributed by atoms with Crippen LogP contribution in [0.25, 0.3) is 0 Å². The summed E-state index contributed by atoms with van der Waals surface area (Å²) in [6, 6.07) is 4.70. The summed E-state index contributed by atoms with van der Waals surface area (Å²) in [4.78, 5) is 12.8. The van der Waals surface area contributed by atoms with E-state index in [0.717, 1.165) is 25.1 Å². The molecular weight excluding hydrogens is 220 g/mol. The van der Waals surface area contributed by atoms with Crippen LogP contribution in [0.5, 0.6) is 0 Å². The zero-order valence-corrected chi connectivity index (χ0v) is 9.47. The van der Waals surface area contributed by atoms with Gasteiger partial charge in [0.1, 0.15) is 0 Å². The van der Waals surface area contributed by atoms with E-state index in [4.69, 9.17) is 10.8 Å². The van der Waals surface area contributed by atoms with Crippen molar-refractivity contribution in [2.75, 3.05) is 23.7 Å². The molecule has 1 unspecified atom stereocenters. The predicted octanol–water partition coefficient (Wildman–Crippen LogP) is 0.928. The highest BCUT2D eigenvalue weighted by atomic mass is 16.4. The zero-order chi connectivity index (χ0) is 12.4. The fraction of sp³-hybridized carbons (Fsp3) is 0.417. The summed E-state index contributed by atoms with van der Waals surface area (Å²) >= 11 is 0. The molecule has 0 aliphatic carbocycles. The van der Waals surface area contributed by atoms with E-state index in [2.05, 4.69) is 0 Å². The molecular formula is C12H16N2O3. The minimum absolute atomic E-state index is 0.184. The van der Waals surface area contributed by atoms with E-state index in [-0.39, 0.29) is 11.7 Å². The number of β-amino-alcohol motifs (C(OH)–C–C–N with tert-alkyl or cyclic N) is 1. The first-order chi connectivity index (χ1) is 8.08. The number of nitrogens with zero attached hydrogens (tertiary/aromatic N) is 1. The van der Waals surface area contributed by atoms with E-state index in [1.807, 2.05) is 4.90 Å². The fourth-order valence-corrected chi connectivity index (χ4v) is 2.15. The standard InChI is InChI=1S/C12H16N2O3/c13-10-6-8(12(16)17)3-4-11(10)14-5-1-2-9(15)7-14/h3-4,6,9,15H,1-2,5,7,13H2,(H,16,17). The van der Waals surface area contributed by atoms with Crippen molar-refractivity contribution in [3.05, 3.63) is 23.8 Å². The Hall–Kier alpha value is -1.75. The van der Waals surface area contributed by atoms with Gasteiger partial charge in [-0.15, -0.1) is 0 Å². The number of aromatic carboxylic acids is 1. The van der Waals surface area contributed by atoms with Gasteiger partial charge >= 0.3 is 5.97 Å². The number of nitrogens with two attached hydrogens (primary N) is 1. The Kier molecular flexibility index (Phi) is 3.19. The normalized spacial score (nSPS) is 20.3. The summed E-state index contributed by atoms with van der Waals surface area (Å²) in [5, 5.41) is 18.4. The number of rotatable bonds is 2. The molecule has 5 nitrogen and oxygen atoms in total. The van der Waals surface area contributed by atoms with Crippen molar-refractivity contribution >= 4 is 17.3 Å². The number of anilines is 2. The number of piperidine rings is 1. The number of carbonyl (C=O) groups is 1. The summed E-state index contributed by atoms with van der Waals surface area (Å²) in [5.41, 5.74) is 7.28. The maximum atomic E-state index is 10.8. The number of aliphatic hydroxyl groups excluding tert-OH is 1. The average molecular weight is 236 g/mol. The van der Waals surface area contributed by atoms with Crippen molar-refractivity contribution in [3.63, 3.8) is 0 Å². The third-order valence-corrected chi connectivity index (χ3v) is 3.01. The minimum atomic E-state index is -0.984. The molecule has 1 saturated heterocycles. The van der Waals surface area contributed by atoms with E-state index in [1.54, 1.807) is 6.07 Å². The lowest BCUT2D eigenvalue weighted by Crippen LogP contribution is -2.38. The molecule has 1 aliphatic heterocycles. The van der Waals surface area contributed by atoms with Crippen LogP contribution < -0.4 is 10.6 Å². The van der Waals surface area contributed by atoms with Crippen LogP contribution in [0.15, 0.2) is 18.2 Å². The highest BCUT2D eigenvalue weighted by Crippen LogP contribution is 2.27. The van der Waals surface area contributed by atoms with Crippen molar-refractivity contribution < 1.29 is 15.0 Å². The third kappa shape index (κ3) is 2.50. The van der Waals surface area contributed by atoms with Crippen LogP contribution in [-0.4, -0.2) is 35.4 Å². The molecule has 17 heavy (non-hydrogen) atoms. The predicted molar refractivity (Wildman–Crippen MR) is 65.3 cm³/mol. The lowest BCUT2D eigenvalue weighted by molar-refractivity contribution is 0.0697. The van der Waals surface area contributed by atoms with Gasteiger partial charge in [0.2, 0.25) is 0 Å². The van der Waals surface area contributed by atoms with Crippen molar-refractivity contribution in [1.29, 1.82) is 0 Å². The Morgan fingerprint density at radius 1 is 1.47 bits per heavy atom. The summed E-state index contributed by atoms with van der Waals surface area (Å²) in [7, 11) is 0. The SMILES string of the molecule is Nc1cc(C(=O)O)ccc1N1CCCC(O)C1. The Morgan fingerprint density at radius 2 is 2.24 bits per heavy atom. The first-order valence-electron chi connectivity index (χ1n) is 5.64. The average Bonchev–Trinajstić information content (AvgIpc) is 2.28. The van der Waals surface area contributed by atoms with Crippen LogP contribution >= 0.6 is 0 Å². The van der Waals surface area contributed by atoms with Crippen LogP contribution in [-0.2, 0) is 0 Å². The fourth-order valence-electron chi connectivity index (χ4n) is 2.15. The van der Waals surface area contributed by atoms with Gasteiger partial charge in [-0.3, -0.25) is 0 Å². The maximum Gasteiger partial charge on any atom is 0.335 e. The molecule has 0 radical (unpaired) electrons. The molecule has 0 spiro atoms. The smallest absolute Gasteiger partial charge is 0.335 e. The number of nitrogen functional groups attached to an aromatic ring is 1. The number of aliphatic hydroxyl groups is 1. The second-order valence-electron chi connectivity index (χ2n) is 4.32. The van der Waals surface area contributed by atoms with Gasteiger partial charge in [0.15, 0.2) is 0 Å². The van der Waals surface area contributed by atoms with Crippen molar-refractivity contribution in [2.45, 2.75) is 18.9 Å². The first-order valence-corrected chi connectivity index (χ1v) is 5.64. The molecule has 1 atom stereocenters. The van der Waals surface area contributed by atoms with E-state index >= 15 is 0 Å². The summed E-state index contributed by atoms with van der Waals surface area (Å²) in [5.74, 6) is -0.984. The van der Waals surface area contributed by atoms with Gasteiger partial charge in [-0.1, -0.05) is 0 Å². The second-order valence-corrected chi connectivity index (χ2v) is 4.32. The summed E-state index contributed by atoms with van der Waals surface area (Å²) < 4.78 is 0. The number of hydrogen-bond acceptors (Lipinski definition) is 4. The summed E-state index contributed by atoms with van der Waals surface area (Å²) in [6.07, 6.45) is 1.40. The van der Waals surface area contributed by atoms with Crippen LogP contribution in [0.2, 0.25) is 0 Å². The van der Waals surface area contributed by atoms with Gasteiger partial charge in [0, 0.05) is 13.1 Å². The first kappa shape index (κ1) is 11.7. The van der Waals surface area contributed by atoms with Gasteiger partial charge in [0.05, 0.1) is 23.0 Å². The molecule has 0 saturated carbocycles. The molecule has 1 aromatic rings. The second kappa shape index (κ2) is 4.63. The molecule has 4 N–H and O–H groups in total. The Balaban J connectivity index is 2.23. The van der Waals surface area contributed by atoms with E-state index in [1.165, 1.54) is 12.1 Å². The van der Waals surface area contributed by atoms with Crippen molar-refractivity contribution in [2.24, 2.45) is 0 Å². The zero-order valence-electron chi connectivity index (χ0n) is 9.47. The monoisotopic (exact) mass is 236 g/mol. The number of benzene rings is 1. The Bertz CT molecular complexity index is 434. The number of hydrogen-bond donors (Lipinski definition) is 3. The summed E-state index contributed by atoms with van der Waals surface area (Å²) in [6.45, 7) is 1.39. The Labute approximate surface area is 99.5 Å². The highest BCUT2D eigenvalue weighted by Gasteiger charge is 2.19. The molecule has 1 fully saturated rings. The van der Waals surface area contributed by atoms with Gasteiger partial charge in [-0.25, -0.2) is 4.79 Å². The molecule has 92 valence electrons. The van der Waals surface area contributed by atoms with Crippen LogP contribution in [0.4, 0.5) is 11.4 Å². The van der Waals surface area contributed by atoms with Gasteiger partial charge in [-0.2, -0.15) is 0 Å². The lowest BCUT2D eigenvalue weighted by Gasteiger charge is -2.32. The van der Waals surface area contributed by atoms with Gasteiger partial charge in [-0.05, 0) is 31.0 Å². The number of carboxylic acids is 1. The molecule has 2 rings (SSSR count). The Morgan fingerprint density at radius 3 is 2.82 bits per heavy atom. The van der Waals surface area contributed by atoms with Gasteiger partial charge in [0.25, 0.3) is 0 Å². The molecule has 5 heteroatoms. The molecule has 0 aromatic heterocycles. The molecule has 1 aromatic carbocycles. The molecule has 1 heterocycles. The lowest BCUT2D eigenvalue weighted by atomic mass is 10.1. The molecule has 1 aliphatic rings. The molecule has 0 amide bonds. The van der Waals surface area contributed by atoms with E-state index < -0.39 is 5.97 Å². The van der Waals surface area contributed by atoms with Crippen LogP contribution in [0.3, 0.4) is 0 Å². The van der Waals surface area contributed by atoms with Crippen molar-refractivity contribution in [3.8, 4) is 0 Å². The van der Waals surface area contributed by atoms with Crippen molar-refractivity contribution in [1.82, 2.24) is 0 Å². The highest BCUT2D eigenvalue weighted by molar-refractivity contribution is 5.90. The van der Waals surface area contributed by atoms with Crippen LogP contribution in [0.1, 0.15) is 23.2 Å². The maximum absolute atomic E-state index is 10.8. The third-order valence-electron chi connectivity index (χ3n) is 3.01. The largest absolute Gasteiger partial charge is 0.478 e. The molecule has 0 bridgehead atoms. The van der Waals surface area contributed by atoms with Gasteiger partial charge < -0.3 is 20.8 Å². The van der Waals surface area contributed by atoms with E-state index in [0.29, 0.717) is 12.2 Å². The number of carboxylic acid groups (broad SMARTS) is 1. The van der Waals surface area contributed by atoms with E-state index in [9.17, 15) is 9.90 Å². The topological polar surface area (TPSA) is 86.8 Å².